The number of phenols is 1. The Hall–Kier alpha value is -4.07. The molecule has 0 unspecified atom stereocenters. The van der Waals surface area contributed by atoms with E-state index < -0.39 is 19.8 Å². The van der Waals surface area contributed by atoms with Gasteiger partial charge in [-0.05, 0) is 181 Å². The zero-order valence-electron chi connectivity index (χ0n) is 51.2. The summed E-state index contributed by atoms with van der Waals surface area (Å²) in [6.45, 7) is 19.2. The average Bonchev–Trinajstić information content (AvgIpc) is 1.91. The van der Waals surface area contributed by atoms with Gasteiger partial charge in [0, 0.05) is 96.3 Å². The maximum atomic E-state index is 12.2. The molecule has 2 aliphatic carbocycles. The number of aromatic hydroxyl groups is 1. The molecule has 11 rings (SSSR count). The molecule has 6 heterocycles. The summed E-state index contributed by atoms with van der Waals surface area (Å²) in [5, 5.41) is 18.8. The molecule has 3 atom stereocenters. The Morgan fingerprint density at radius 1 is 0.682 bits per heavy atom. The first kappa shape index (κ1) is 71.4. The molecule has 3 fully saturated rings. The van der Waals surface area contributed by atoms with Gasteiger partial charge in [-0.25, -0.2) is 0 Å². The van der Waals surface area contributed by atoms with Crippen molar-refractivity contribution >= 4 is 147 Å². The van der Waals surface area contributed by atoms with Crippen molar-refractivity contribution in [2.75, 3.05) is 34.2 Å². The molecule has 0 spiro atoms. The number of hydrogen-bond donors (Lipinski definition) is 1. The van der Waals surface area contributed by atoms with Crippen LogP contribution in [0.2, 0.25) is 0 Å². The van der Waals surface area contributed by atoms with Crippen LogP contribution in [0.15, 0.2) is 81.9 Å². The third-order valence-electron chi connectivity index (χ3n) is 16.1. The molecule has 1 N–H and O–H groups in total. The standard InChI is InChI=1S/C20H22ClN3O2.C14H16BrCl2NO2.C12H19BN2O2.C12H14BrNO2.C3H6Cl2O3S/c1-13-3-6-18-19(24(13)14(2)25)8-7-17(20(18)26-10-9-21)15-11-22-23(12-15)16-4-5-16;1-8-3-4-10-12(18(8)9(2)19)6-5-11(15)14(10)20-7-13(16)17;1-11(2)12(3,4)17-13(16-11)9-7-14-15(8-9)10-5-6-10;1-7-3-4-9-11(14(7)8(2)15)6-5-10(13)12(9)16;1-9(6,7)8-2-3(4)5/h7-13,16H,3-6H2,1-2H3;5-6,8,13H,3-4,7H2,1-2H3;7-8,10H,5-6H2,1-4H3;5-7,16H,3-4H2,1-2H3;3H,2H2,1H3/b10-9+;;;;/t13-;8-;;7-;/m00.0./s1. The number of hydrogen-bond acceptors (Lipinski definition) is 13. The van der Waals surface area contributed by atoms with Crippen LogP contribution in [0.25, 0.3) is 11.1 Å². The summed E-state index contributed by atoms with van der Waals surface area (Å²) in [4.78, 5) is 39.7. The number of alkyl halides is 4. The van der Waals surface area contributed by atoms with E-state index in [1.807, 2.05) is 68.8 Å². The first-order valence-corrected chi connectivity index (χ1v) is 34.7. The van der Waals surface area contributed by atoms with Crippen LogP contribution in [-0.2, 0) is 57.3 Å². The Morgan fingerprint density at radius 3 is 1.58 bits per heavy atom. The molecular weight excluding hydrogens is 1390 g/mol. The van der Waals surface area contributed by atoms with Crippen LogP contribution >= 0.6 is 89.9 Å². The van der Waals surface area contributed by atoms with Gasteiger partial charge in [0.15, 0.2) is 0 Å². The number of aromatic nitrogens is 4. The largest absolute Gasteiger partial charge is 0.506 e. The summed E-state index contributed by atoms with van der Waals surface area (Å²) in [7, 11) is -3.67. The Balaban J connectivity index is 0.000000162. The third-order valence-corrected chi connectivity index (χ3v) is 18.5. The number of amides is 3. The molecule has 0 radical (unpaired) electrons. The lowest BCUT2D eigenvalue weighted by Gasteiger charge is -2.35. The maximum absolute atomic E-state index is 12.2. The smallest absolute Gasteiger partial charge is 0.498 e. The molecule has 2 saturated carbocycles. The van der Waals surface area contributed by atoms with Gasteiger partial charge >= 0.3 is 7.12 Å². The first-order valence-electron chi connectivity index (χ1n) is 29.1. The van der Waals surface area contributed by atoms with Gasteiger partial charge in [-0.1, -0.05) is 11.6 Å². The summed E-state index contributed by atoms with van der Waals surface area (Å²) < 4.78 is 53.8. The minimum absolute atomic E-state index is 0.0233. The molecule has 18 nitrogen and oxygen atoms in total. The van der Waals surface area contributed by atoms with E-state index >= 15 is 0 Å². The number of carbonyl (C=O) groups excluding carboxylic acids is 3. The van der Waals surface area contributed by atoms with Crippen molar-refractivity contribution in [2.45, 2.75) is 185 Å². The molecule has 480 valence electrons. The molecule has 2 aromatic heterocycles. The number of anilines is 3. The zero-order valence-corrected chi connectivity index (χ0v) is 59.0. The number of nitrogens with zero attached hydrogens (tertiary/aromatic N) is 7. The van der Waals surface area contributed by atoms with Crippen LogP contribution in [0.1, 0.15) is 143 Å². The summed E-state index contributed by atoms with van der Waals surface area (Å²) >= 11 is 34.3. The fourth-order valence-electron chi connectivity index (χ4n) is 10.8. The van der Waals surface area contributed by atoms with E-state index in [1.54, 1.807) is 31.7 Å². The van der Waals surface area contributed by atoms with E-state index in [4.69, 9.17) is 76.8 Å². The van der Waals surface area contributed by atoms with Gasteiger partial charge in [-0.2, -0.15) is 18.6 Å². The number of fused-ring (bicyclic) bond motifs is 3. The minimum Gasteiger partial charge on any atom is -0.506 e. The Bertz CT molecular complexity index is 3420. The van der Waals surface area contributed by atoms with Crippen molar-refractivity contribution < 1.29 is 50.9 Å². The lowest BCUT2D eigenvalue weighted by molar-refractivity contribution is -0.117. The Labute approximate surface area is 559 Å². The van der Waals surface area contributed by atoms with Crippen molar-refractivity contribution in [3.05, 3.63) is 98.6 Å². The van der Waals surface area contributed by atoms with Crippen molar-refractivity contribution in [3.8, 4) is 28.4 Å². The molecule has 0 bridgehead atoms. The highest BCUT2D eigenvalue weighted by atomic mass is 79.9. The highest BCUT2D eigenvalue weighted by Gasteiger charge is 2.52. The van der Waals surface area contributed by atoms with E-state index in [9.17, 15) is 27.9 Å². The number of phenolic OH excluding ortho intramolecular Hbond substituents is 1. The monoisotopic (exact) mass is 1460 g/mol. The van der Waals surface area contributed by atoms with Gasteiger partial charge in [-0.3, -0.25) is 27.9 Å². The summed E-state index contributed by atoms with van der Waals surface area (Å²) in [5.41, 5.74) is 9.43. The minimum atomic E-state index is -3.39. The molecule has 4 aliphatic heterocycles. The molecule has 27 heteroatoms. The summed E-state index contributed by atoms with van der Waals surface area (Å²) in [5.74, 6) is 1.86. The normalized spacial score (nSPS) is 19.8. The van der Waals surface area contributed by atoms with Gasteiger partial charge < -0.3 is 38.6 Å². The molecule has 6 aliphatic rings. The number of halogens is 7. The van der Waals surface area contributed by atoms with Gasteiger partial charge in [0.2, 0.25) is 17.7 Å². The third kappa shape index (κ3) is 18.2. The second kappa shape index (κ2) is 30.6. The number of carbonyl (C=O) groups is 3. The van der Waals surface area contributed by atoms with Gasteiger partial charge in [0.05, 0.1) is 68.4 Å². The average molecular weight is 1460 g/mol. The van der Waals surface area contributed by atoms with Crippen molar-refractivity contribution in [3.63, 3.8) is 0 Å². The lowest BCUT2D eigenvalue weighted by Crippen LogP contribution is -2.41. The van der Waals surface area contributed by atoms with E-state index in [-0.39, 0.29) is 73.1 Å². The van der Waals surface area contributed by atoms with Gasteiger partial charge in [0.25, 0.3) is 10.1 Å². The summed E-state index contributed by atoms with van der Waals surface area (Å²) in [6, 6.07) is 13.2. The SMILES string of the molecule is CC(=O)N1c2ccc(-c3cnn(C4CC4)c3)c(O/C=C/Cl)c2CC[C@@H]1C.CC(=O)N1c2ccc(Br)c(O)c2CC[C@@H]1C.CC(=O)N1c2ccc(Br)c(OCC(Cl)Cl)c2CC[C@@H]1C.CC1(C)OB(c2cnn(C3CC3)c2)OC1(C)C.CS(=O)(=O)OCC(Cl)Cl. The first-order chi connectivity index (χ1) is 41.3. The van der Waals surface area contributed by atoms with Gasteiger partial charge in [-0.15, -0.1) is 46.4 Å². The molecule has 88 heavy (non-hydrogen) atoms. The van der Waals surface area contributed by atoms with Crippen LogP contribution in [0.4, 0.5) is 17.1 Å². The molecular formula is C61H77BBr2Cl5N7O11S. The number of rotatable bonds is 12. The van der Waals surface area contributed by atoms with Crippen molar-refractivity contribution in [1.29, 1.82) is 0 Å². The second-order valence-electron chi connectivity index (χ2n) is 23.5. The lowest BCUT2D eigenvalue weighted by atomic mass is 9.82. The van der Waals surface area contributed by atoms with Crippen molar-refractivity contribution in [2.24, 2.45) is 0 Å². The van der Waals surface area contributed by atoms with Crippen LogP contribution in [0.5, 0.6) is 17.2 Å². The van der Waals surface area contributed by atoms with E-state index in [2.05, 4.69) is 100 Å². The predicted molar refractivity (Wildman–Crippen MR) is 358 cm³/mol. The predicted octanol–water partition coefficient (Wildman–Crippen LogP) is 14.1. The fraction of sp³-hybridized carbons (Fsp3) is 0.525. The Morgan fingerprint density at radius 2 is 1.12 bits per heavy atom. The van der Waals surface area contributed by atoms with E-state index in [0.29, 0.717) is 16.6 Å². The maximum Gasteiger partial charge on any atom is 0.498 e. The van der Waals surface area contributed by atoms with Crippen LogP contribution < -0.4 is 29.6 Å². The van der Waals surface area contributed by atoms with E-state index in [1.165, 1.54) is 37.5 Å². The van der Waals surface area contributed by atoms with Crippen LogP contribution in [0, 0.1) is 0 Å². The molecule has 1 saturated heterocycles. The highest BCUT2D eigenvalue weighted by Crippen LogP contribution is 2.46. The van der Waals surface area contributed by atoms with Crippen LogP contribution in [0.3, 0.4) is 0 Å². The molecule has 3 aromatic carbocycles. The van der Waals surface area contributed by atoms with E-state index in [0.717, 1.165) is 111 Å². The highest BCUT2D eigenvalue weighted by molar-refractivity contribution is 9.11. The molecule has 5 aromatic rings. The quantitative estimate of drug-likeness (QED) is 0.0536. The zero-order chi connectivity index (χ0) is 64.7. The fourth-order valence-corrected chi connectivity index (χ4v) is 12.4. The van der Waals surface area contributed by atoms with Gasteiger partial charge in [0.1, 0.15) is 39.8 Å². The van der Waals surface area contributed by atoms with Crippen molar-refractivity contribution in [1.82, 2.24) is 19.6 Å². The topological polar surface area (TPSA) is 197 Å². The number of benzene rings is 3. The van der Waals surface area contributed by atoms with Crippen LogP contribution in [-0.4, -0.2) is 116 Å². The number of ether oxygens (including phenoxy) is 2. The Kier molecular flexibility index (Phi) is 24.8. The molecule has 3 amide bonds. The summed E-state index contributed by atoms with van der Waals surface area (Å²) in [6.07, 6.45) is 20.4. The second-order valence-corrected chi connectivity index (χ2v) is 29.7.